The molecular weight excluding hydrogens is 312 g/mol. The number of anilines is 1. The molecule has 0 spiro atoms. The van der Waals surface area contributed by atoms with Crippen LogP contribution in [0.4, 0.5) is 5.69 Å². The van der Waals surface area contributed by atoms with E-state index in [2.05, 4.69) is 50.7 Å². The van der Waals surface area contributed by atoms with Crippen molar-refractivity contribution in [2.45, 2.75) is 0 Å². The second kappa shape index (κ2) is 5.88. The van der Waals surface area contributed by atoms with E-state index in [1.165, 1.54) is 10.8 Å². The van der Waals surface area contributed by atoms with Crippen LogP contribution >= 0.6 is 15.9 Å². The van der Waals surface area contributed by atoms with Crippen LogP contribution in [0.3, 0.4) is 0 Å². The van der Waals surface area contributed by atoms with Gasteiger partial charge >= 0.3 is 0 Å². The molecule has 0 radical (unpaired) electrons. The van der Waals surface area contributed by atoms with Crippen LogP contribution in [-0.2, 0) is 0 Å². The molecule has 0 saturated heterocycles. The van der Waals surface area contributed by atoms with E-state index in [1.807, 2.05) is 48.7 Å². The molecule has 0 bridgehead atoms. The van der Waals surface area contributed by atoms with Gasteiger partial charge < -0.3 is 0 Å². The number of halogens is 1. The Morgan fingerprint density at radius 1 is 0.850 bits per heavy atom. The Morgan fingerprint density at radius 2 is 1.60 bits per heavy atom. The van der Waals surface area contributed by atoms with E-state index < -0.39 is 0 Å². The number of para-hydroxylation sites is 1. The third-order valence-corrected chi connectivity index (χ3v) is 3.95. The molecule has 0 aliphatic rings. The number of nitrogens with one attached hydrogen (secondary N) is 1. The number of nitrogens with zero attached hydrogens (tertiary/aromatic N) is 1. The molecule has 2 nitrogen and oxygen atoms in total. The van der Waals surface area contributed by atoms with Gasteiger partial charge in [0.15, 0.2) is 0 Å². The summed E-state index contributed by atoms with van der Waals surface area (Å²) in [6.07, 6.45) is 1.82. The van der Waals surface area contributed by atoms with E-state index in [0.717, 1.165) is 15.7 Å². The Labute approximate surface area is 126 Å². The zero-order valence-corrected chi connectivity index (χ0v) is 12.3. The fourth-order valence-electron chi connectivity index (χ4n) is 2.04. The van der Waals surface area contributed by atoms with Crippen LogP contribution in [0.5, 0.6) is 0 Å². The van der Waals surface area contributed by atoms with Crippen LogP contribution in [0.1, 0.15) is 5.56 Å². The van der Waals surface area contributed by atoms with E-state index >= 15 is 0 Å². The summed E-state index contributed by atoms with van der Waals surface area (Å²) in [5, 5.41) is 6.68. The average molecular weight is 325 g/mol. The van der Waals surface area contributed by atoms with Crippen molar-refractivity contribution in [1.29, 1.82) is 0 Å². The predicted molar refractivity (Wildman–Crippen MR) is 89.3 cm³/mol. The van der Waals surface area contributed by atoms with Gasteiger partial charge in [-0.25, -0.2) is 0 Å². The summed E-state index contributed by atoms with van der Waals surface area (Å²) in [5.74, 6) is 0. The molecule has 3 aromatic rings. The molecule has 20 heavy (non-hydrogen) atoms. The van der Waals surface area contributed by atoms with Crippen LogP contribution in [0.25, 0.3) is 10.8 Å². The van der Waals surface area contributed by atoms with E-state index in [-0.39, 0.29) is 0 Å². The Bertz CT molecular complexity index is 751. The Balaban J connectivity index is 1.86. The van der Waals surface area contributed by atoms with Crippen LogP contribution in [-0.4, -0.2) is 6.21 Å². The lowest BCUT2D eigenvalue weighted by atomic mass is 10.1. The Kier molecular flexibility index (Phi) is 3.79. The third kappa shape index (κ3) is 2.73. The number of hydrogen-bond acceptors (Lipinski definition) is 2. The minimum absolute atomic E-state index is 0.973. The SMILES string of the molecule is Brc1c(C=NNc2ccccc2)ccc2ccccc12. The van der Waals surface area contributed by atoms with Crippen molar-refractivity contribution in [3.05, 3.63) is 76.8 Å². The predicted octanol–water partition coefficient (Wildman–Crippen LogP) is 5.05. The first-order valence-corrected chi connectivity index (χ1v) is 7.15. The largest absolute Gasteiger partial charge is 0.279 e. The zero-order valence-electron chi connectivity index (χ0n) is 10.8. The smallest absolute Gasteiger partial charge is 0.0561 e. The summed E-state index contributed by atoms with van der Waals surface area (Å²) in [6.45, 7) is 0. The highest BCUT2D eigenvalue weighted by Crippen LogP contribution is 2.26. The highest BCUT2D eigenvalue weighted by atomic mass is 79.9. The maximum Gasteiger partial charge on any atom is 0.0561 e. The second-order valence-electron chi connectivity index (χ2n) is 4.43. The van der Waals surface area contributed by atoms with Gasteiger partial charge in [0.05, 0.1) is 11.9 Å². The van der Waals surface area contributed by atoms with Crippen LogP contribution in [0.2, 0.25) is 0 Å². The van der Waals surface area contributed by atoms with Crippen LogP contribution < -0.4 is 5.43 Å². The number of fused-ring (bicyclic) bond motifs is 1. The maximum absolute atomic E-state index is 4.27. The fraction of sp³-hybridized carbons (Fsp3) is 0. The van der Waals surface area contributed by atoms with E-state index in [1.54, 1.807) is 0 Å². The third-order valence-electron chi connectivity index (χ3n) is 3.06. The lowest BCUT2D eigenvalue weighted by Crippen LogP contribution is -1.91. The molecule has 0 aliphatic heterocycles. The van der Waals surface area contributed by atoms with Gasteiger partial charge in [0.2, 0.25) is 0 Å². The minimum Gasteiger partial charge on any atom is -0.279 e. The number of rotatable bonds is 3. The maximum atomic E-state index is 4.27. The summed E-state index contributed by atoms with van der Waals surface area (Å²) in [4.78, 5) is 0. The standard InChI is InChI=1S/C17H13BrN2/c18-17-14(11-10-13-6-4-5-9-16(13)17)12-19-20-15-7-2-1-3-8-15/h1-12,20H. The normalized spacial score (nSPS) is 11.1. The van der Waals surface area contributed by atoms with Crippen molar-refractivity contribution < 1.29 is 0 Å². The monoisotopic (exact) mass is 324 g/mol. The molecule has 3 rings (SSSR count). The van der Waals surface area contributed by atoms with Gasteiger partial charge in [-0.2, -0.15) is 5.10 Å². The van der Waals surface area contributed by atoms with Crippen molar-refractivity contribution in [1.82, 2.24) is 0 Å². The van der Waals surface area contributed by atoms with Crippen LogP contribution in [0, 0.1) is 0 Å². The molecule has 1 N–H and O–H groups in total. The Hall–Kier alpha value is -2.13. The first kappa shape index (κ1) is 12.9. The molecule has 98 valence electrons. The molecule has 3 heteroatoms. The first-order chi connectivity index (χ1) is 9.84. The van der Waals surface area contributed by atoms with Crippen molar-refractivity contribution >= 4 is 38.6 Å². The van der Waals surface area contributed by atoms with Gasteiger partial charge in [-0.05, 0) is 38.8 Å². The molecule has 0 aromatic heterocycles. The summed E-state index contributed by atoms with van der Waals surface area (Å²) >= 11 is 3.65. The Morgan fingerprint density at radius 3 is 2.45 bits per heavy atom. The molecule has 0 heterocycles. The summed E-state index contributed by atoms with van der Waals surface area (Å²) in [6, 6.07) is 22.3. The van der Waals surface area contributed by atoms with Crippen molar-refractivity contribution in [3.63, 3.8) is 0 Å². The summed E-state index contributed by atoms with van der Waals surface area (Å²) < 4.78 is 1.06. The van der Waals surface area contributed by atoms with Gasteiger partial charge in [0, 0.05) is 10.0 Å². The fourth-order valence-corrected chi connectivity index (χ4v) is 2.63. The molecule has 0 amide bonds. The molecule has 0 unspecified atom stereocenters. The second-order valence-corrected chi connectivity index (χ2v) is 5.22. The average Bonchev–Trinajstić information content (AvgIpc) is 2.51. The highest BCUT2D eigenvalue weighted by Gasteiger charge is 2.02. The van der Waals surface area contributed by atoms with Gasteiger partial charge in [-0.1, -0.05) is 54.6 Å². The first-order valence-electron chi connectivity index (χ1n) is 6.36. The molecule has 0 saturated carbocycles. The molecule has 0 atom stereocenters. The lowest BCUT2D eigenvalue weighted by molar-refractivity contribution is 1.35. The van der Waals surface area contributed by atoms with Gasteiger partial charge in [-0.15, -0.1) is 0 Å². The van der Waals surface area contributed by atoms with Crippen molar-refractivity contribution in [2.75, 3.05) is 5.43 Å². The van der Waals surface area contributed by atoms with Gasteiger partial charge in [0.1, 0.15) is 0 Å². The number of hydrogen-bond donors (Lipinski definition) is 1. The van der Waals surface area contributed by atoms with Crippen molar-refractivity contribution in [3.8, 4) is 0 Å². The topological polar surface area (TPSA) is 24.4 Å². The lowest BCUT2D eigenvalue weighted by Gasteiger charge is -2.04. The number of hydrazone groups is 1. The molecule has 3 aromatic carbocycles. The minimum atomic E-state index is 0.973. The van der Waals surface area contributed by atoms with Crippen LogP contribution in [0.15, 0.2) is 76.3 Å². The quantitative estimate of drug-likeness (QED) is 0.529. The summed E-state index contributed by atoms with van der Waals surface area (Å²) in [5.41, 5.74) is 5.04. The van der Waals surface area contributed by atoms with Gasteiger partial charge in [-0.3, -0.25) is 5.43 Å². The number of benzene rings is 3. The molecule has 0 fully saturated rings. The van der Waals surface area contributed by atoms with Gasteiger partial charge in [0.25, 0.3) is 0 Å². The van der Waals surface area contributed by atoms with Crippen molar-refractivity contribution in [2.24, 2.45) is 5.10 Å². The molecular formula is C17H13BrN2. The summed E-state index contributed by atoms with van der Waals surface area (Å²) in [7, 11) is 0. The zero-order chi connectivity index (χ0) is 13.8. The van der Waals surface area contributed by atoms with E-state index in [4.69, 9.17) is 0 Å². The molecule has 0 aliphatic carbocycles. The van der Waals surface area contributed by atoms with E-state index in [0.29, 0.717) is 0 Å². The highest BCUT2D eigenvalue weighted by molar-refractivity contribution is 9.10. The van der Waals surface area contributed by atoms with E-state index in [9.17, 15) is 0 Å².